The first-order chi connectivity index (χ1) is 11.0. The van der Waals surface area contributed by atoms with E-state index in [1.807, 2.05) is 0 Å². The van der Waals surface area contributed by atoms with Gasteiger partial charge in [0, 0.05) is 18.7 Å². The summed E-state index contributed by atoms with van der Waals surface area (Å²) >= 11 is 0. The monoisotopic (exact) mass is 324 g/mol. The van der Waals surface area contributed by atoms with Gasteiger partial charge in [-0.3, -0.25) is 4.79 Å². The zero-order valence-corrected chi connectivity index (χ0v) is 13.7. The minimum atomic E-state index is -0.616. The molecule has 0 saturated carbocycles. The van der Waals surface area contributed by atoms with E-state index in [2.05, 4.69) is 17.1 Å². The summed E-state index contributed by atoms with van der Waals surface area (Å²) in [6.45, 7) is 4.94. The first-order valence-electron chi connectivity index (χ1n) is 8.01. The third-order valence-corrected chi connectivity index (χ3v) is 4.26. The minimum Gasteiger partial charge on any atom is -0.494 e. The Balaban J connectivity index is 1.79. The molecule has 0 aromatic heterocycles. The fourth-order valence-electron chi connectivity index (χ4n) is 2.72. The number of amides is 1. The van der Waals surface area contributed by atoms with Crippen LogP contribution in [0.15, 0.2) is 18.2 Å². The third kappa shape index (κ3) is 5.18. The third-order valence-electron chi connectivity index (χ3n) is 4.26. The second-order valence-corrected chi connectivity index (χ2v) is 6.20. The maximum absolute atomic E-state index is 13.3. The highest BCUT2D eigenvalue weighted by atomic mass is 19.1. The molecule has 6 heteroatoms. The number of halogens is 1. The highest BCUT2D eigenvalue weighted by molar-refractivity contribution is 5.94. The molecule has 5 nitrogen and oxygen atoms in total. The van der Waals surface area contributed by atoms with E-state index < -0.39 is 11.9 Å². The number of benzene rings is 1. The molecule has 1 atom stereocenters. The average Bonchev–Trinajstić information content (AvgIpc) is 2.55. The maximum atomic E-state index is 13.3. The average molecular weight is 324 g/mol. The molecule has 23 heavy (non-hydrogen) atoms. The van der Waals surface area contributed by atoms with Gasteiger partial charge in [0.2, 0.25) is 0 Å². The lowest BCUT2D eigenvalue weighted by Crippen LogP contribution is -2.43. The molecule has 1 heterocycles. The smallest absolute Gasteiger partial charge is 0.251 e. The Morgan fingerprint density at radius 2 is 2.17 bits per heavy atom. The summed E-state index contributed by atoms with van der Waals surface area (Å²) in [4.78, 5) is 14.3. The van der Waals surface area contributed by atoms with Crippen molar-refractivity contribution < 1.29 is 19.0 Å². The Kier molecular flexibility index (Phi) is 6.36. The molecule has 0 radical (unpaired) electrons. The van der Waals surface area contributed by atoms with Crippen LogP contribution in [0.3, 0.4) is 0 Å². The molecule has 128 valence electrons. The van der Waals surface area contributed by atoms with Crippen molar-refractivity contribution in [1.82, 2.24) is 10.2 Å². The molecule has 0 aliphatic carbocycles. The van der Waals surface area contributed by atoms with Crippen LogP contribution >= 0.6 is 0 Å². The fourth-order valence-corrected chi connectivity index (χ4v) is 2.72. The second kappa shape index (κ2) is 8.26. The molecule has 1 aliphatic rings. The summed E-state index contributed by atoms with van der Waals surface area (Å²) in [6, 6.07) is 3.94. The molecule has 1 saturated heterocycles. The van der Waals surface area contributed by atoms with Crippen molar-refractivity contribution >= 4 is 5.91 Å². The Hall–Kier alpha value is -1.66. The number of aliphatic hydroxyl groups is 1. The predicted molar refractivity (Wildman–Crippen MR) is 86.1 cm³/mol. The van der Waals surface area contributed by atoms with Gasteiger partial charge in [0.05, 0.1) is 13.2 Å². The summed E-state index contributed by atoms with van der Waals surface area (Å²) < 4.78 is 18.2. The lowest BCUT2D eigenvalue weighted by Gasteiger charge is -2.31. The van der Waals surface area contributed by atoms with Gasteiger partial charge in [-0.2, -0.15) is 0 Å². The van der Waals surface area contributed by atoms with Crippen LogP contribution in [-0.4, -0.2) is 55.3 Å². The molecule has 1 unspecified atom stereocenters. The lowest BCUT2D eigenvalue weighted by atomic mass is 9.99. The summed E-state index contributed by atoms with van der Waals surface area (Å²) in [5.41, 5.74) is 0.308. The van der Waals surface area contributed by atoms with E-state index in [0.29, 0.717) is 12.1 Å². The molecule has 0 bridgehead atoms. The van der Waals surface area contributed by atoms with Gasteiger partial charge in [-0.1, -0.05) is 6.92 Å². The highest BCUT2D eigenvalue weighted by Gasteiger charge is 2.19. The number of hydrogen-bond donors (Lipinski definition) is 2. The van der Waals surface area contributed by atoms with Gasteiger partial charge in [0.1, 0.15) is 0 Å². The number of piperidine rings is 1. The SMILES string of the molecule is COc1cc(C(=O)NCC(O)CN2CCC(C)CC2)ccc1F. The van der Waals surface area contributed by atoms with Crippen LogP contribution in [0.1, 0.15) is 30.1 Å². The van der Waals surface area contributed by atoms with Crippen LogP contribution in [0.2, 0.25) is 0 Å². The molecule has 1 aromatic carbocycles. The van der Waals surface area contributed by atoms with Gasteiger partial charge in [-0.15, -0.1) is 0 Å². The standard InChI is InChI=1S/C17H25FN2O3/c1-12-5-7-20(8-6-12)11-14(21)10-19-17(22)13-3-4-15(18)16(9-13)23-2/h3-4,9,12,14,21H,5-8,10-11H2,1-2H3,(H,19,22). The number of ether oxygens (including phenoxy) is 1. The normalized spacial score (nSPS) is 17.7. The van der Waals surface area contributed by atoms with Gasteiger partial charge in [-0.25, -0.2) is 4.39 Å². The minimum absolute atomic E-state index is 0.0284. The van der Waals surface area contributed by atoms with E-state index >= 15 is 0 Å². The van der Waals surface area contributed by atoms with E-state index in [-0.39, 0.29) is 18.2 Å². The number of nitrogens with one attached hydrogen (secondary N) is 1. The van der Waals surface area contributed by atoms with Crippen molar-refractivity contribution in [2.24, 2.45) is 5.92 Å². The molecular weight excluding hydrogens is 299 g/mol. The van der Waals surface area contributed by atoms with Gasteiger partial charge < -0.3 is 20.1 Å². The van der Waals surface area contributed by atoms with Crippen LogP contribution in [0.5, 0.6) is 5.75 Å². The van der Waals surface area contributed by atoms with E-state index in [4.69, 9.17) is 4.74 Å². The van der Waals surface area contributed by atoms with Gasteiger partial charge >= 0.3 is 0 Å². The largest absolute Gasteiger partial charge is 0.494 e. The van der Waals surface area contributed by atoms with Crippen molar-refractivity contribution in [1.29, 1.82) is 0 Å². The van der Waals surface area contributed by atoms with Crippen molar-refractivity contribution in [3.63, 3.8) is 0 Å². The first kappa shape index (κ1) is 17.7. The molecule has 0 spiro atoms. The van der Waals surface area contributed by atoms with E-state index in [0.717, 1.165) is 31.8 Å². The molecule has 2 N–H and O–H groups in total. The van der Waals surface area contributed by atoms with Gasteiger partial charge in [0.15, 0.2) is 11.6 Å². The van der Waals surface area contributed by atoms with Crippen molar-refractivity contribution in [3.05, 3.63) is 29.6 Å². The van der Waals surface area contributed by atoms with Crippen LogP contribution in [0.4, 0.5) is 4.39 Å². The summed E-state index contributed by atoms with van der Waals surface area (Å²) in [6.07, 6.45) is 1.68. The van der Waals surface area contributed by atoms with Crippen molar-refractivity contribution in [2.45, 2.75) is 25.9 Å². The molecule has 2 rings (SSSR count). The number of β-amino-alcohol motifs (C(OH)–C–C–N with tert-alkyl or cyclic N) is 1. The van der Waals surface area contributed by atoms with Crippen molar-refractivity contribution in [2.75, 3.05) is 33.3 Å². The topological polar surface area (TPSA) is 61.8 Å². The zero-order valence-electron chi connectivity index (χ0n) is 13.7. The van der Waals surface area contributed by atoms with Crippen molar-refractivity contribution in [3.8, 4) is 5.75 Å². The molecule has 1 aliphatic heterocycles. The Labute approximate surface area is 136 Å². The second-order valence-electron chi connectivity index (χ2n) is 6.20. The van der Waals surface area contributed by atoms with Gasteiger partial charge in [-0.05, 0) is 50.0 Å². The van der Waals surface area contributed by atoms with Crippen LogP contribution in [0, 0.1) is 11.7 Å². The van der Waals surface area contributed by atoms with Crippen LogP contribution < -0.4 is 10.1 Å². The number of aliphatic hydroxyl groups excluding tert-OH is 1. The maximum Gasteiger partial charge on any atom is 0.251 e. The first-order valence-corrected chi connectivity index (χ1v) is 8.01. The summed E-state index contributed by atoms with van der Waals surface area (Å²) in [5, 5.41) is 12.7. The number of nitrogens with zero attached hydrogens (tertiary/aromatic N) is 1. The number of carbonyl (C=O) groups excluding carboxylic acids is 1. The molecule has 1 aromatic rings. The lowest BCUT2D eigenvalue weighted by molar-refractivity contribution is 0.0795. The number of rotatable bonds is 6. The quantitative estimate of drug-likeness (QED) is 0.835. The Bertz CT molecular complexity index is 531. The van der Waals surface area contributed by atoms with E-state index in [1.54, 1.807) is 0 Å². The zero-order chi connectivity index (χ0) is 16.8. The molecule has 1 amide bonds. The van der Waals surface area contributed by atoms with Gasteiger partial charge in [0.25, 0.3) is 5.91 Å². The summed E-state index contributed by atoms with van der Waals surface area (Å²) in [7, 11) is 1.35. The number of methoxy groups -OCH3 is 1. The highest BCUT2D eigenvalue weighted by Crippen LogP contribution is 2.18. The number of carbonyl (C=O) groups is 1. The number of likely N-dealkylation sites (tertiary alicyclic amines) is 1. The number of hydrogen-bond acceptors (Lipinski definition) is 4. The Morgan fingerprint density at radius 3 is 2.83 bits per heavy atom. The predicted octanol–water partition coefficient (Wildman–Crippen LogP) is 1.66. The Morgan fingerprint density at radius 1 is 1.48 bits per heavy atom. The van der Waals surface area contributed by atoms with Crippen LogP contribution in [0.25, 0.3) is 0 Å². The van der Waals surface area contributed by atoms with E-state index in [9.17, 15) is 14.3 Å². The van der Waals surface area contributed by atoms with E-state index in [1.165, 1.54) is 25.3 Å². The van der Waals surface area contributed by atoms with Crippen LogP contribution in [-0.2, 0) is 0 Å². The fraction of sp³-hybridized carbons (Fsp3) is 0.588. The molecule has 1 fully saturated rings. The summed E-state index contributed by atoms with van der Waals surface area (Å²) in [5.74, 6) is -0.0878. The molecular formula is C17H25FN2O3.